The van der Waals surface area contributed by atoms with E-state index in [9.17, 15) is 0 Å². The van der Waals surface area contributed by atoms with Gasteiger partial charge in [-0.25, -0.2) is 0 Å². The molecule has 0 fully saturated rings. The second kappa shape index (κ2) is 6.09. The monoisotopic (exact) mass is 296 g/mol. The fraction of sp³-hybridized carbons (Fsp3) is 0.200. The van der Waals surface area contributed by atoms with Gasteiger partial charge >= 0.3 is 18.9 Å². The van der Waals surface area contributed by atoms with Crippen molar-refractivity contribution in [3.63, 3.8) is 0 Å². The van der Waals surface area contributed by atoms with Crippen LogP contribution in [0.15, 0.2) is 48.6 Å². The molecule has 0 N–H and O–H groups in total. The topological polar surface area (TPSA) is 0 Å². The number of hydrogen-bond acceptors (Lipinski definition) is 0. The predicted octanol–water partition coefficient (Wildman–Crippen LogP) is 3.66. The van der Waals surface area contributed by atoms with Gasteiger partial charge in [0, 0.05) is 9.52 Å². The van der Waals surface area contributed by atoms with Gasteiger partial charge < -0.3 is 0 Å². The first-order valence-electron chi connectivity index (χ1n) is 7.79. The van der Waals surface area contributed by atoms with Crippen LogP contribution in [0.3, 0.4) is 0 Å². The van der Waals surface area contributed by atoms with E-state index in [-0.39, 0.29) is 28.4 Å². The van der Waals surface area contributed by atoms with Gasteiger partial charge in [0.15, 0.2) is 0 Å². The molecule has 106 valence electrons. The standard InChI is InChI=1S/C20H20Si.Li.H/c1-13-5-3-7-17-15(13)9-11-19(17)21-20-12-10-16-14(2)6-4-8-18(16)20;;/h3-12,19-20H,21H2,1-2H3;;. The quantitative estimate of drug-likeness (QED) is 0.742. The van der Waals surface area contributed by atoms with Gasteiger partial charge in [-0.2, -0.15) is 0 Å². The normalized spacial score (nSPS) is 21.2. The van der Waals surface area contributed by atoms with Crippen LogP contribution in [0.4, 0.5) is 0 Å². The second-order valence-electron chi connectivity index (χ2n) is 6.32. The molecule has 22 heavy (non-hydrogen) atoms. The van der Waals surface area contributed by atoms with Crippen LogP contribution in [0, 0.1) is 13.8 Å². The Morgan fingerprint density at radius 2 is 1.18 bits per heavy atom. The molecule has 0 amide bonds. The van der Waals surface area contributed by atoms with Crippen molar-refractivity contribution in [1.29, 1.82) is 0 Å². The number of rotatable bonds is 2. The van der Waals surface area contributed by atoms with Gasteiger partial charge in [0.2, 0.25) is 0 Å². The first-order valence-corrected chi connectivity index (χ1v) is 9.43. The molecule has 2 aromatic rings. The Kier molecular flexibility index (Phi) is 4.32. The molecule has 2 aromatic carbocycles. The molecule has 2 aliphatic rings. The molecule has 0 aromatic heterocycles. The number of allylic oxidation sites excluding steroid dienone is 2. The molecule has 0 bridgehead atoms. The first kappa shape index (κ1) is 15.6. The summed E-state index contributed by atoms with van der Waals surface area (Å²) < 4.78 is 0. The number of hydrogen-bond donors (Lipinski definition) is 0. The van der Waals surface area contributed by atoms with E-state index in [0.717, 1.165) is 0 Å². The van der Waals surface area contributed by atoms with Crippen molar-refractivity contribution in [2.45, 2.75) is 24.9 Å². The van der Waals surface area contributed by atoms with E-state index >= 15 is 0 Å². The van der Waals surface area contributed by atoms with Crippen LogP contribution in [-0.4, -0.2) is 28.4 Å². The zero-order valence-corrected chi connectivity index (χ0v) is 14.0. The average molecular weight is 296 g/mol. The van der Waals surface area contributed by atoms with Crippen molar-refractivity contribution < 1.29 is 0 Å². The molecule has 0 spiro atoms. The van der Waals surface area contributed by atoms with Gasteiger partial charge in [0.1, 0.15) is 0 Å². The van der Waals surface area contributed by atoms with Crippen LogP contribution in [0.1, 0.15) is 44.5 Å². The Hall–Kier alpha value is -1.27. The van der Waals surface area contributed by atoms with E-state index in [4.69, 9.17) is 0 Å². The third-order valence-corrected chi connectivity index (χ3v) is 7.45. The predicted molar refractivity (Wildman–Crippen MR) is 102 cm³/mol. The summed E-state index contributed by atoms with van der Waals surface area (Å²) in [6.07, 6.45) is 9.59. The van der Waals surface area contributed by atoms with Crippen molar-refractivity contribution in [2.75, 3.05) is 0 Å². The molecular formula is C20H21LiSi. The number of fused-ring (bicyclic) bond motifs is 2. The van der Waals surface area contributed by atoms with Crippen LogP contribution in [0.2, 0.25) is 0 Å². The van der Waals surface area contributed by atoms with E-state index in [1.54, 1.807) is 11.1 Å². The molecule has 2 heteroatoms. The third-order valence-electron chi connectivity index (χ3n) is 5.01. The van der Waals surface area contributed by atoms with Gasteiger partial charge in [-0.05, 0) is 58.3 Å². The molecule has 0 saturated carbocycles. The third kappa shape index (κ3) is 2.48. The zero-order valence-electron chi connectivity index (χ0n) is 12.6. The van der Waals surface area contributed by atoms with Gasteiger partial charge in [-0.15, -0.1) is 0 Å². The Balaban J connectivity index is 0.00000144. The van der Waals surface area contributed by atoms with Gasteiger partial charge in [-0.1, -0.05) is 60.7 Å². The van der Waals surface area contributed by atoms with Crippen molar-refractivity contribution in [3.8, 4) is 0 Å². The summed E-state index contributed by atoms with van der Waals surface area (Å²) in [5.41, 5.74) is 10.3. The van der Waals surface area contributed by atoms with Crippen molar-refractivity contribution in [3.05, 3.63) is 81.9 Å². The van der Waals surface area contributed by atoms with Crippen molar-refractivity contribution in [1.82, 2.24) is 0 Å². The SMILES string of the molecule is Cc1cccc2c1C=CC2[SiH2]C1C=Cc2c(C)cccc21.[LiH]. The summed E-state index contributed by atoms with van der Waals surface area (Å²) in [5, 5.41) is 0. The van der Waals surface area contributed by atoms with Crippen molar-refractivity contribution >= 4 is 40.5 Å². The van der Waals surface area contributed by atoms with Crippen LogP contribution in [0.25, 0.3) is 12.2 Å². The summed E-state index contributed by atoms with van der Waals surface area (Å²) >= 11 is 0. The van der Waals surface area contributed by atoms with E-state index in [1.807, 2.05) is 0 Å². The molecule has 0 saturated heterocycles. The Bertz CT molecular complexity index is 708. The minimum absolute atomic E-state index is 0. The Morgan fingerprint density at radius 1 is 0.727 bits per heavy atom. The molecule has 2 atom stereocenters. The first-order chi connectivity index (χ1) is 10.2. The van der Waals surface area contributed by atoms with Crippen molar-refractivity contribution in [2.24, 2.45) is 0 Å². The van der Waals surface area contributed by atoms with Gasteiger partial charge in [-0.3, -0.25) is 0 Å². The van der Waals surface area contributed by atoms with Gasteiger partial charge in [0.25, 0.3) is 0 Å². The Labute approximate surface area is 147 Å². The fourth-order valence-electron chi connectivity index (χ4n) is 3.83. The maximum atomic E-state index is 2.45. The maximum absolute atomic E-state index is 2.45. The van der Waals surface area contributed by atoms with Crippen LogP contribution in [0.5, 0.6) is 0 Å². The summed E-state index contributed by atoms with van der Waals surface area (Å²) in [6.45, 7) is 4.45. The summed E-state index contributed by atoms with van der Waals surface area (Å²) in [7, 11) is -0.259. The van der Waals surface area contributed by atoms with Crippen LogP contribution in [-0.2, 0) is 0 Å². The zero-order chi connectivity index (χ0) is 14.4. The second-order valence-corrected chi connectivity index (χ2v) is 8.55. The number of aryl methyl sites for hydroxylation is 2. The van der Waals surface area contributed by atoms with Crippen LogP contribution < -0.4 is 0 Å². The van der Waals surface area contributed by atoms with Crippen LogP contribution >= 0.6 is 0 Å². The molecular weight excluding hydrogens is 275 g/mol. The average Bonchev–Trinajstić information content (AvgIpc) is 3.07. The van der Waals surface area contributed by atoms with Gasteiger partial charge in [0.05, 0.1) is 0 Å². The van der Waals surface area contributed by atoms with E-state index in [2.05, 4.69) is 74.5 Å². The fourth-order valence-corrected chi connectivity index (χ4v) is 6.18. The summed E-state index contributed by atoms with van der Waals surface area (Å²) in [5.74, 6) is 0. The van der Waals surface area contributed by atoms with E-state index < -0.39 is 0 Å². The molecule has 0 nitrogen and oxygen atoms in total. The molecule has 0 aliphatic heterocycles. The minimum atomic E-state index is -0.259. The molecule has 2 aliphatic carbocycles. The molecule has 4 rings (SSSR count). The molecule has 0 radical (unpaired) electrons. The Morgan fingerprint density at radius 3 is 1.64 bits per heavy atom. The summed E-state index contributed by atoms with van der Waals surface area (Å²) in [4.78, 5) is 0. The van der Waals surface area contributed by atoms with E-state index in [1.165, 1.54) is 22.3 Å². The van der Waals surface area contributed by atoms with E-state index in [0.29, 0.717) is 11.1 Å². The molecule has 0 heterocycles. The summed E-state index contributed by atoms with van der Waals surface area (Å²) in [6, 6.07) is 13.5. The number of benzene rings is 2. The molecule has 2 unspecified atom stereocenters.